The largest absolute Gasteiger partial charge is 0.494 e. The van der Waals surface area contributed by atoms with Crippen LogP contribution in [-0.2, 0) is 4.74 Å². The molecule has 2 aromatic carbocycles. The molecule has 0 bridgehead atoms. The summed E-state index contributed by atoms with van der Waals surface area (Å²) in [6, 6.07) is 14.3. The van der Waals surface area contributed by atoms with Crippen molar-refractivity contribution in [3.8, 4) is 5.75 Å². The molecule has 0 unspecified atom stereocenters. The molecule has 1 aromatic heterocycles. The summed E-state index contributed by atoms with van der Waals surface area (Å²) in [5, 5.41) is 3.59. The molecule has 1 fully saturated rings. The van der Waals surface area contributed by atoms with E-state index in [1.54, 1.807) is 35.2 Å². The van der Waals surface area contributed by atoms with Crippen LogP contribution in [0.5, 0.6) is 5.75 Å². The van der Waals surface area contributed by atoms with Crippen molar-refractivity contribution in [3.63, 3.8) is 0 Å². The zero-order valence-electron chi connectivity index (χ0n) is 18.3. The van der Waals surface area contributed by atoms with Crippen molar-refractivity contribution >= 4 is 28.5 Å². The molecule has 4 rings (SSSR count). The lowest BCUT2D eigenvalue weighted by molar-refractivity contribution is 0.0285. The summed E-state index contributed by atoms with van der Waals surface area (Å²) in [5.41, 5.74) is 1.41. The number of carbonyl (C=O) groups is 2. The second kappa shape index (κ2) is 10.3. The number of furan rings is 1. The number of anilines is 1. The van der Waals surface area contributed by atoms with Crippen molar-refractivity contribution in [1.29, 1.82) is 0 Å². The Morgan fingerprint density at radius 2 is 1.78 bits per heavy atom. The van der Waals surface area contributed by atoms with Gasteiger partial charge in [0.1, 0.15) is 17.0 Å². The molecule has 2 heterocycles. The third kappa shape index (κ3) is 4.94. The number of ether oxygens (including phenoxy) is 2. The Kier molecular flexibility index (Phi) is 7.07. The number of hydrogen-bond acceptors (Lipinski definition) is 5. The Balaban J connectivity index is 1.53. The van der Waals surface area contributed by atoms with Gasteiger partial charge in [0.25, 0.3) is 11.8 Å². The van der Waals surface area contributed by atoms with Gasteiger partial charge in [-0.1, -0.05) is 31.9 Å². The molecule has 1 aliphatic rings. The highest BCUT2D eigenvalue weighted by molar-refractivity contribution is 6.14. The molecule has 0 atom stereocenters. The number of morpholine rings is 1. The van der Waals surface area contributed by atoms with E-state index in [2.05, 4.69) is 12.2 Å². The molecule has 168 valence electrons. The van der Waals surface area contributed by atoms with E-state index in [0.29, 0.717) is 55.1 Å². The lowest BCUT2D eigenvalue weighted by Gasteiger charge is -2.26. The van der Waals surface area contributed by atoms with Crippen molar-refractivity contribution in [2.75, 3.05) is 38.2 Å². The van der Waals surface area contributed by atoms with E-state index in [1.807, 2.05) is 18.2 Å². The molecule has 1 aliphatic heterocycles. The number of carbonyl (C=O) groups excluding carboxylic acids is 2. The summed E-state index contributed by atoms with van der Waals surface area (Å²) < 4.78 is 16.9. The van der Waals surface area contributed by atoms with Crippen LogP contribution in [0.1, 0.15) is 47.1 Å². The van der Waals surface area contributed by atoms with Gasteiger partial charge in [-0.25, -0.2) is 0 Å². The number of hydrogen-bond donors (Lipinski definition) is 1. The van der Waals surface area contributed by atoms with Gasteiger partial charge in [-0.3, -0.25) is 9.59 Å². The monoisotopic (exact) mass is 436 g/mol. The van der Waals surface area contributed by atoms with Crippen LogP contribution in [0.3, 0.4) is 0 Å². The van der Waals surface area contributed by atoms with Crippen LogP contribution >= 0.6 is 0 Å². The molecule has 0 aliphatic carbocycles. The maximum absolute atomic E-state index is 13.1. The number of unbranched alkanes of at least 4 members (excludes halogenated alkanes) is 2. The average molecular weight is 437 g/mol. The number of para-hydroxylation sites is 1. The van der Waals surface area contributed by atoms with Crippen LogP contribution in [0.15, 0.2) is 52.9 Å². The summed E-state index contributed by atoms with van der Waals surface area (Å²) in [5.74, 6) is 0.299. The first-order chi connectivity index (χ1) is 15.7. The molecule has 32 heavy (non-hydrogen) atoms. The van der Waals surface area contributed by atoms with Crippen LogP contribution in [0.2, 0.25) is 0 Å². The SMILES string of the molecule is CCCCCOc1ccc(C(=O)Nc2c(C(=O)N3CCOCC3)oc3ccccc23)cc1. The highest BCUT2D eigenvalue weighted by Gasteiger charge is 2.27. The molecular weight excluding hydrogens is 408 g/mol. The minimum atomic E-state index is -0.315. The van der Waals surface area contributed by atoms with Gasteiger partial charge >= 0.3 is 0 Å². The lowest BCUT2D eigenvalue weighted by atomic mass is 10.1. The highest BCUT2D eigenvalue weighted by atomic mass is 16.5. The topological polar surface area (TPSA) is 81.0 Å². The molecule has 2 amide bonds. The van der Waals surface area contributed by atoms with E-state index in [0.717, 1.165) is 25.0 Å². The highest BCUT2D eigenvalue weighted by Crippen LogP contribution is 2.32. The molecule has 0 radical (unpaired) electrons. The molecule has 1 saturated heterocycles. The van der Waals surface area contributed by atoms with Gasteiger partial charge in [0, 0.05) is 24.0 Å². The summed E-state index contributed by atoms with van der Waals surface area (Å²) in [4.78, 5) is 27.8. The Hall–Kier alpha value is -3.32. The molecule has 3 aromatic rings. The first-order valence-corrected chi connectivity index (χ1v) is 11.1. The minimum Gasteiger partial charge on any atom is -0.494 e. The normalized spacial score (nSPS) is 13.8. The zero-order chi connectivity index (χ0) is 22.3. The molecule has 7 heteroatoms. The van der Waals surface area contributed by atoms with Gasteiger partial charge in [0.2, 0.25) is 5.76 Å². The van der Waals surface area contributed by atoms with E-state index in [1.165, 1.54) is 0 Å². The predicted molar refractivity (Wildman–Crippen MR) is 122 cm³/mol. The number of benzene rings is 2. The maximum atomic E-state index is 13.1. The third-order valence-electron chi connectivity index (χ3n) is 5.46. The van der Waals surface area contributed by atoms with Gasteiger partial charge in [-0.05, 0) is 42.8 Å². The maximum Gasteiger partial charge on any atom is 0.291 e. The first-order valence-electron chi connectivity index (χ1n) is 11.1. The molecule has 0 saturated carbocycles. The molecule has 1 N–H and O–H groups in total. The first kappa shape index (κ1) is 21.9. The Morgan fingerprint density at radius 1 is 1.03 bits per heavy atom. The van der Waals surface area contributed by atoms with E-state index in [-0.39, 0.29) is 17.6 Å². The fraction of sp³-hybridized carbons (Fsp3) is 0.360. The number of nitrogens with zero attached hydrogens (tertiary/aromatic N) is 1. The fourth-order valence-corrected chi connectivity index (χ4v) is 3.66. The lowest BCUT2D eigenvalue weighted by Crippen LogP contribution is -2.40. The summed E-state index contributed by atoms with van der Waals surface area (Å²) >= 11 is 0. The minimum absolute atomic E-state index is 0.136. The molecular formula is C25H28N2O5. The fourth-order valence-electron chi connectivity index (χ4n) is 3.66. The van der Waals surface area contributed by atoms with Crippen LogP contribution in [-0.4, -0.2) is 49.6 Å². The van der Waals surface area contributed by atoms with E-state index >= 15 is 0 Å². The van der Waals surface area contributed by atoms with E-state index < -0.39 is 0 Å². The van der Waals surface area contributed by atoms with Gasteiger partial charge in [-0.15, -0.1) is 0 Å². The van der Waals surface area contributed by atoms with Gasteiger partial charge in [-0.2, -0.15) is 0 Å². The van der Waals surface area contributed by atoms with Crippen molar-refractivity contribution in [2.24, 2.45) is 0 Å². The van der Waals surface area contributed by atoms with Crippen molar-refractivity contribution in [3.05, 3.63) is 59.9 Å². The van der Waals surface area contributed by atoms with Gasteiger partial charge in [0.15, 0.2) is 0 Å². The Labute approximate surface area is 187 Å². The Morgan fingerprint density at radius 3 is 2.53 bits per heavy atom. The van der Waals surface area contributed by atoms with E-state index in [4.69, 9.17) is 13.9 Å². The van der Waals surface area contributed by atoms with Gasteiger partial charge in [0.05, 0.1) is 19.8 Å². The predicted octanol–water partition coefficient (Wildman–Crippen LogP) is 4.73. The number of nitrogens with one attached hydrogen (secondary N) is 1. The standard InChI is InChI=1S/C25H28N2O5/c1-2-3-6-15-31-19-11-9-18(10-12-19)24(28)26-22-20-7-4-5-8-21(20)32-23(22)25(29)27-13-16-30-17-14-27/h4-5,7-12H,2-3,6,13-17H2,1H3,(H,26,28). The van der Waals surface area contributed by atoms with Crippen molar-refractivity contribution in [2.45, 2.75) is 26.2 Å². The summed E-state index contributed by atoms with van der Waals surface area (Å²) in [6.45, 7) is 4.76. The smallest absolute Gasteiger partial charge is 0.291 e. The second-order valence-electron chi connectivity index (χ2n) is 7.74. The van der Waals surface area contributed by atoms with Crippen molar-refractivity contribution < 1.29 is 23.5 Å². The van der Waals surface area contributed by atoms with Crippen LogP contribution < -0.4 is 10.1 Å². The summed E-state index contributed by atoms with van der Waals surface area (Å²) in [7, 11) is 0. The Bertz CT molecular complexity index is 1070. The van der Waals surface area contributed by atoms with Crippen LogP contribution in [0.4, 0.5) is 5.69 Å². The third-order valence-corrected chi connectivity index (χ3v) is 5.46. The molecule has 0 spiro atoms. The molecule has 7 nitrogen and oxygen atoms in total. The van der Waals surface area contributed by atoms with E-state index in [9.17, 15) is 9.59 Å². The van der Waals surface area contributed by atoms with Crippen LogP contribution in [0.25, 0.3) is 11.0 Å². The quantitative estimate of drug-likeness (QED) is 0.517. The number of fused-ring (bicyclic) bond motifs is 1. The number of rotatable bonds is 8. The zero-order valence-corrected chi connectivity index (χ0v) is 18.3. The summed E-state index contributed by atoms with van der Waals surface area (Å²) in [6.07, 6.45) is 3.28. The van der Waals surface area contributed by atoms with Crippen molar-refractivity contribution in [1.82, 2.24) is 4.90 Å². The average Bonchev–Trinajstić information content (AvgIpc) is 3.20. The second-order valence-corrected chi connectivity index (χ2v) is 7.74. The number of amides is 2. The van der Waals surface area contributed by atoms with Gasteiger partial charge < -0.3 is 24.1 Å². The van der Waals surface area contributed by atoms with Crippen LogP contribution in [0, 0.1) is 0 Å².